The summed E-state index contributed by atoms with van der Waals surface area (Å²) in [6, 6.07) is 0. The Balaban J connectivity index is 1.52. The van der Waals surface area contributed by atoms with E-state index in [-0.39, 0.29) is 5.82 Å². The standard InChI is InChI=1S/C17H26N10O3/c18-14-11-15(22-9-21-14)27(17(24-11)20-4-2-1-3-5-23-25-19)16-13(29)12(28)10(30-16)8-26-6-7-26/h9-10,12-13,16,28-29H,1-8H2,(H,20,24)(H2,18,21,22). The van der Waals surface area contributed by atoms with E-state index < -0.39 is 24.5 Å². The highest BCUT2D eigenvalue weighted by atomic mass is 16.6. The fourth-order valence-electron chi connectivity index (χ4n) is 3.62. The molecule has 13 nitrogen and oxygen atoms in total. The maximum absolute atomic E-state index is 10.7. The molecule has 4 rings (SSSR count). The number of nitrogens with two attached hydrogens (primary N) is 1. The second-order valence-corrected chi connectivity index (χ2v) is 7.53. The molecule has 4 atom stereocenters. The molecule has 13 heteroatoms. The van der Waals surface area contributed by atoms with Crippen LogP contribution in [-0.4, -0.2) is 85.7 Å². The lowest BCUT2D eigenvalue weighted by atomic mass is 10.1. The van der Waals surface area contributed by atoms with E-state index in [9.17, 15) is 10.2 Å². The monoisotopic (exact) mass is 418 g/mol. The van der Waals surface area contributed by atoms with Gasteiger partial charge in [-0.3, -0.25) is 9.47 Å². The molecule has 0 amide bonds. The van der Waals surface area contributed by atoms with Gasteiger partial charge in [-0.25, -0.2) is 15.0 Å². The zero-order valence-electron chi connectivity index (χ0n) is 16.5. The number of aliphatic hydroxyl groups is 2. The van der Waals surface area contributed by atoms with Gasteiger partial charge in [0.2, 0.25) is 5.95 Å². The van der Waals surface area contributed by atoms with Crippen LogP contribution in [0.5, 0.6) is 0 Å². The van der Waals surface area contributed by atoms with Crippen molar-refractivity contribution in [2.24, 2.45) is 5.11 Å². The summed E-state index contributed by atoms with van der Waals surface area (Å²) in [6.07, 6.45) is 0.353. The van der Waals surface area contributed by atoms with Crippen molar-refractivity contribution in [1.82, 2.24) is 24.4 Å². The Labute approximate surface area is 172 Å². The predicted molar refractivity (Wildman–Crippen MR) is 108 cm³/mol. The molecule has 0 saturated carbocycles. The SMILES string of the molecule is [N-]=[N+]=NCCCCCNc1nc2c(N)ncnc2n1C1OC(CN2CC2)C(O)C1O. The van der Waals surface area contributed by atoms with Crippen molar-refractivity contribution in [2.45, 2.75) is 43.8 Å². The minimum Gasteiger partial charge on any atom is -0.387 e. The van der Waals surface area contributed by atoms with Gasteiger partial charge in [-0.2, -0.15) is 0 Å². The van der Waals surface area contributed by atoms with E-state index in [0.717, 1.165) is 32.4 Å². The third-order valence-electron chi connectivity index (χ3n) is 5.36. The first-order chi connectivity index (χ1) is 14.6. The minimum atomic E-state index is -1.13. The van der Waals surface area contributed by atoms with Crippen molar-refractivity contribution < 1.29 is 14.9 Å². The van der Waals surface area contributed by atoms with Gasteiger partial charge in [0.1, 0.15) is 24.6 Å². The summed E-state index contributed by atoms with van der Waals surface area (Å²) in [7, 11) is 0. The fraction of sp³-hybridized carbons (Fsp3) is 0.706. The quantitative estimate of drug-likeness (QED) is 0.138. The first kappa shape index (κ1) is 20.6. The highest BCUT2D eigenvalue weighted by molar-refractivity contribution is 5.84. The van der Waals surface area contributed by atoms with Crippen LogP contribution < -0.4 is 11.1 Å². The topological polar surface area (TPSA) is 183 Å². The van der Waals surface area contributed by atoms with Crippen molar-refractivity contribution >= 4 is 22.9 Å². The number of hydrogen-bond acceptors (Lipinski definition) is 10. The molecule has 5 N–H and O–H groups in total. The Hall–Kier alpha value is -2.70. The van der Waals surface area contributed by atoms with Gasteiger partial charge in [-0.05, 0) is 18.4 Å². The summed E-state index contributed by atoms with van der Waals surface area (Å²) < 4.78 is 7.68. The smallest absolute Gasteiger partial charge is 0.207 e. The first-order valence-corrected chi connectivity index (χ1v) is 10.1. The molecule has 2 fully saturated rings. The number of hydrogen-bond donors (Lipinski definition) is 4. The van der Waals surface area contributed by atoms with Crippen LogP contribution in [0, 0.1) is 0 Å². The van der Waals surface area contributed by atoms with Crippen LogP contribution in [0.25, 0.3) is 21.6 Å². The maximum atomic E-state index is 10.7. The predicted octanol–water partition coefficient (Wildman–Crippen LogP) is 0.236. The molecule has 2 aromatic heterocycles. The molecule has 0 aliphatic carbocycles. The number of aliphatic hydroxyl groups excluding tert-OH is 2. The summed E-state index contributed by atoms with van der Waals surface area (Å²) >= 11 is 0. The molecular formula is C17H26N10O3. The summed E-state index contributed by atoms with van der Waals surface area (Å²) in [5.41, 5.74) is 15.1. The average Bonchev–Trinajstić information content (AvgIpc) is 3.42. The number of fused-ring (bicyclic) bond motifs is 1. The molecule has 30 heavy (non-hydrogen) atoms. The van der Waals surface area contributed by atoms with Gasteiger partial charge in [0.15, 0.2) is 23.2 Å². The second-order valence-electron chi connectivity index (χ2n) is 7.53. The minimum absolute atomic E-state index is 0.227. The van der Waals surface area contributed by atoms with Crippen LogP contribution in [0.3, 0.4) is 0 Å². The Bertz CT molecular complexity index is 926. The number of rotatable bonds is 10. The molecule has 2 saturated heterocycles. The van der Waals surface area contributed by atoms with Crippen LogP contribution in [-0.2, 0) is 4.74 Å². The molecule has 0 radical (unpaired) electrons. The molecule has 162 valence electrons. The van der Waals surface area contributed by atoms with Crippen molar-refractivity contribution in [3.63, 3.8) is 0 Å². The van der Waals surface area contributed by atoms with Crippen LogP contribution >= 0.6 is 0 Å². The van der Waals surface area contributed by atoms with E-state index >= 15 is 0 Å². The summed E-state index contributed by atoms with van der Waals surface area (Å²) in [4.78, 5) is 17.7. The maximum Gasteiger partial charge on any atom is 0.207 e. The Morgan fingerprint density at radius 3 is 2.87 bits per heavy atom. The van der Waals surface area contributed by atoms with Gasteiger partial charge in [-0.15, -0.1) is 0 Å². The van der Waals surface area contributed by atoms with E-state index in [1.807, 2.05) is 0 Å². The second kappa shape index (κ2) is 8.98. The lowest BCUT2D eigenvalue weighted by Gasteiger charge is -2.19. The Morgan fingerprint density at radius 1 is 1.27 bits per heavy atom. The number of aromatic nitrogens is 4. The normalized spacial score (nSPS) is 26.1. The molecule has 0 spiro atoms. The van der Waals surface area contributed by atoms with Gasteiger partial charge < -0.3 is 26.0 Å². The highest BCUT2D eigenvalue weighted by Crippen LogP contribution is 2.35. The van der Waals surface area contributed by atoms with Gasteiger partial charge >= 0.3 is 0 Å². The third kappa shape index (κ3) is 4.25. The number of nitrogen functional groups attached to an aromatic ring is 1. The molecule has 2 aliphatic rings. The third-order valence-corrected chi connectivity index (χ3v) is 5.36. The Morgan fingerprint density at radius 2 is 2.10 bits per heavy atom. The molecule has 4 unspecified atom stereocenters. The number of unbranched alkanes of at least 4 members (excludes halogenated alkanes) is 2. The molecule has 4 heterocycles. The van der Waals surface area contributed by atoms with Crippen molar-refractivity contribution in [2.75, 3.05) is 43.8 Å². The largest absolute Gasteiger partial charge is 0.387 e. The van der Waals surface area contributed by atoms with Gasteiger partial charge in [0.05, 0.1) is 0 Å². The highest BCUT2D eigenvalue weighted by Gasteiger charge is 2.46. The van der Waals surface area contributed by atoms with Gasteiger partial charge in [0, 0.05) is 37.6 Å². The first-order valence-electron chi connectivity index (χ1n) is 10.1. The van der Waals surface area contributed by atoms with Crippen molar-refractivity contribution in [3.05, 3.63) is 16.8 Å². The number of imidazole rings is 1. The Kier molecular flexibility index (Phi) is 6.16. The summed E-state index contributed by atoms with van der Waals surface area (Å²) in [5.74, 6) is 0.667. The van der Waals surface area contributed by atoms with E-state index in [4.69, 9.17) is 16.0 Å². The molecule has 0 aromatic carbocycles. The zero-order chi connectivity index (χ0) is 21.1. The van der Waals surface area contributed by atoms with Gasteiger partial charge in [0.25, 0.3) is 0 Å². The lowest BCUT2D eigenvalue weighted by molar-refractivity contribution is -0.0364. The van der Waals surface area contributed by atoms with E-state index in [1.165, 1.54) is 6.33 Å². The van der Waals surface area contributed by atoms with E-state index in [1.54, 1.807) is 4.57 Å². The summed E-state index contributed by atoms with van der Waals surface area (Å²) in [6.45, 7) is 3.58. The molecular weight excluding hydrogens is 392 g/mol. The zero-order valence-corrected chi connectivity index (χ0v) is 16.5. The number of nitrogens with one attached hydrogen (secondary N) is 1. The molecule has 2 aliphatic heterocycles. The summed E-state index contributed by atoms with van der Waals surface area (Å²) in [5, 5.41) is 28.0. The van der Waals surface area contributed by atoms with Crippen LogP contribution in [0.4, 0.5) is 11.8 Å². The van der Waals surface area contributed by atoms with E-state index in [2.05, 4.69) is 35.2 Å². The lowest BCUT2D eigenvalue weighted by Crippen LogP contribution is -2.35. The van der Waals surface area contributed by atoms with Gasteiger partial charge in [-0.1, -0.05) is 11.5 Å². The van der Waals surface area contributed by atoms with Crippen LogP contribution in [0.15, 0.2) is 11.4 Å². The number of azide groups is 1. The van der Waals surface area contributed by atoms with Crippen molar-refractivity contribution in [3.8, 4) is 0 Å². The average molecular weight is 418 g/mol. The van der Waals surface area contributed by atoms with E-state index in [0.29, 0.717) is 36.7 Å². The number of anilines is 2. The van der Waals surface area contributed by atoms with Crippen LogP contribution in [0.2, 0.25) is 0 Å². The number of ether oxygens (including phenoxy) is 1. The van der Waals surface area contributed by atoms with Crippen LogP contribution in [0.1, 0.15) is 25.5 Å². The fourth-order valence-corrected chi connectivity index (χ4v) is 3.62. The molecule has 2 aromatic rings. The number of nitrogens with zero attached hydrogens (tertiary/aromatic N) is 8. The molecule has 0 bridgehead atoms. The van der Waals surface area contributed by atoms with Crippen molar-refractivity contribution in [1.29, 1.82) is 0 Å².